The molecule has 2 rings (SSSR count). The second-order valence-electron chi connectivity index (χ2n) is 5.91. The second kappa shape index (κ2) is 12.0. The predicted octanol–water partition coefficient (Wildman–Crippen LogP) is 4.56. The largest absolute Gasteiger partial charge is 0.493 e. The molecule has 28 heavy (non-hydrogen) atoms. The number of halogens is 1. The van der Waals surface area contributed by atoms with Crippen LogP contribution in [0.1, 0.15) is 32.3 Å². The Kier molecular flexibility index (Phi) is 9.34. The normalized spacial score (nSPS) is 10.7. The van der Waals surface area contributed by atoms with Crippen LogP contribution in [0.3, 0.4) is 0 Å². The summed E-state index contributed by atoms with van der Waals surface area (Å²) < 4.78 is 17.7. The third kappa shape index (κ3) is 7.23. The molecule has 150 valence electrons. The molecule has 0 fully saturated rings. The van der Waals surface area contributed by atoms with Gasteiger partial charge in [0.2, 0.25) is 0 Å². The fraction of sp³-hybridized carbons (Fsp3) is 0.333. The topological polar surface area (TPSA) is 69.2 Å². The number of benzene rings is 2. The Hall–Kier alpha value is -2.54. The van der Waals surface area contributed by atoms with Gasteiger partial charge in [-0.15, -0.1) is 0 Å². The van der Waals surface area contributed by atoms with Gasteiger partial charge in [-0.3, -0.25) is 4.79 Å². The first-order valence-corrected chi connectivity index (χ1v) is 10.0. The Bertz CT molecular complexity index is 796. The maximum atomic E-state index is 11.9. The van der Waals surface area contributed by atoms with Crippen molar-refractivity contribution in [1.82, 2.24) is 5.43 Å². The maximum Gasteiger partial charge on any atom is 0.277 e. The molecule has 7 heteroatoms. The summed E-state index contributed by atoms with van der Waals surface area (Å²) >= 11 is 3.37. The molecule has 0 heterocycles. The van der Waals surface area contributed by atoms with Crippen LogP contribution in [0.5, 0.6) is 17.2 Å². The molecular weight excluding hydrogens is 424 g/mol. The first-order valence-electron chi connectivity index (χ1n) is 9.23. The molecule has 0 atom stereocenters. The summed E-state index contributed by atoms with van der Waals surface area (Å²) in [5.74, 6) is 1.65. The van der Waals surface area contributed by atoms with Crippen molar-refractivity contribution in [2.24, 2.45) is 5.10 Å². The molecule has 0 aromatic heterocycles. The van der Waals surface area contributed by atoms with Gasteiger partial charge in [-0.1, -0.05) is 26.0 Å². The van der Waals surface area contributed by atoms with Crippen molar-refractivity contribution < 1.29 is 19.0 Å². The average Bonchev–Trinajstić information content (AvgIpc) is 2.71. The molecule has 0 bridgehead atoms. The number of para-hydroxylation sites is 1. The van der Waals surface area contributed by atoms with Crippen molar-refractivity contribution in [2.45, 2.75) is 26.7 Å². The van der Waals surface area contributed by atoms with Gasteiger partial charge < -0.3 is 14.2 Å². The molecule has 0 radical (unpaired) electrons. The highest BCUT2D eigenvalue weighted by atomic mass is 79.9. The lowest BCUT2D eigenvalue weighted by Crippen LogP contribution is -2.24. The number of nitrogens with one attached hydrogen (secondary N) is 1. The average molecular weight is 449 g/mol. The molecule has 2 aromatic rings. The molecule has 1 N–H and O–H groups in total. The number of rotatable bonds is 11. The number of carbonyl (C=O) groups is 1. The number of hydrogen-bond donors (Lipinski definition) is 1. The van der Waals surface area contributed by atoms with E-state index in [1.165, 1.54) is 0 Å². The van der Waals surface area contributed by atoms with Crippen LogP contribution in [0, 0.1) is 0 Å². The standard InChI is InChI=1S/C21H25BrN2O4/c1-3-11-26-17-10-9-16(20(13-17)27-12-4-2)14-23-24-21(25)15-28-19-8-6-5-7-18(19)22/h5-10,13-14H,3-4,11-12,15H2,1-2H3,(H,24,25)/b23-14-. The third-order valence-electron chi connectivity index (χ3n) is 3.51. The molecule has 0 aliphatic heterocycles. The second-order valence-corrected chi connectivity index (χ2v) is 6.76. The fourth-order valence-corrected chi connectivity index (χ4v) is 2.58. The highest BCUT2D eigenvalue weighted by Crippen LogP contribution is 2.25. The van der Waals surface area contributed by atoms with E-state index in [1.807, 2.05) is 43.3 Å². The van der Waals surface area contributed by atoms with Gasteiger partial charge in [0.1, 0.15) is 17.2 Å². The van der Waals surface area contributed by atoms with Gasteiger partial charge in [0.25, 0.3) is 5.91 Å². The number of amides is 1. The van der Waals surface area contributed by atoms with E-state index >= 15 is 0 Å². The van der Waals surface area contributed by atoms with Crippen molar-refractivity contribution in [3.8, 4) is 17.2 Å². The Labute approximate surface area is 174 Å². The first-order chi connectivity index (χ1) is 13.6. The zero-order valence-electron chi connectivity index (χ0n) is 16.1. The molecule has 1 amide bonds. The number of ether oxygens (including phenoxy) is 3. The number of carbonyl (C=O) groups excluding carboxylic acids is 1. The Morgan fingerprint density at radius 2 is 1.79 bits per heavy atom. The zero-order chi connectivity index (χ0) is 20.2. The monoisotopic (exact) mass is 448 g/mol. The molecule has 0 aliphatic carbocycles. The van der Waals surface area contributed by atoms with Gasteiger partial charge in [-0.25, -0.2) is 5.43 Å². The predicted molar refractivity (Wildman–Crippen MR) is 113 cm³/mol. The third-order valence-corrected chi connectivity index (χ3v) is 4.16. The van der Waals surface area contributed by atoms with Crippen LogP contribution in [0.25, 0.3) is 0 Å². The molecule has 0 aliphatic rings. The van der Waals surface area contributed by atoms with Crippen LogP contribution >= 0.6 is 15.9 Å². The summed E-state index contributed by atoms with van der Waals surface area (Å²) in [5, 5.41) is 4.00. The number of hydrogen-bond acceptors (Lipinski definition) is 5. The smallest absolute Gasteiger partial charge is 0.277 e. The molecular formula is C21H25BrN2O4. The van der Waals surface area contributed by atoms with Crippen LogP contribution in [-0.4, -0.2) is 31.9 Å². The van der Waals surface area contributed by atoms with Gasteiger partial charge in [0.15, 0.2) is 6.61 Å². The van der Waals surface area contributed by atoms with Gasteiger partial charge in [-0.2, -0.15) is 5.10 Å². The lowest BCUT2D eigenvalue weighted by Gasteiger charge is -2.11. The summed E-state index contributed by atoms with van der Waals surface area (Å²) in [4.78, 5) is 11.9. The molecule has 0 saturated carbocycles. The van der Waals surface area contributed by atoms with Crippen LogP contribution in [0.4, 0.5) is 0 Å². The minimum absolute atomic E-state index is 0.136. The van der Waals surface area contributed by atoms with E-state index in [1.54, 1.807) is 12.3 Å². The van der Waals surface area contributed by atoms with Crippen molar-refractivity contribution in [1.29, 1.82) is 0 Å². The van der Waals surface area contributed by atoms with E-state index in [0.29, 0.717) is 24.7 Å². The Morgan fingerprint density at radius 1 is 1.04 bits per heavy atom. The summed E-state index contributed by atoms with van der Waals surface area (Å²) in [5.41, 5.74) is 3.21. The van der Waals surface area contributed by atoms with Crippen LogP contribution in [0.15, 0.2) is 52.0 Å². The highest BCUT2D eigenvalue weighted by molar-refractivity contribution is 9.10. The molecule has 0 saturated heterocycles. The lowest BCUT2D eigenvalue weighted by atomic mass is 10.2. The van der Waals surface area contributed by atoms with Gasteiger partial charge >= 0.3 is 0 Å². The van der Waals surface area contributed by atoms with E-state index < -0.39 is 0 Å². The first kappa shape index (κ1) is 21.8. The van der Waals surface area contributed by atoms with Gasteiger partial charge in [0, 0.05) is 11.6 Å². The quantitative estimate of drug-likeness (QED) is 0.404. The zero-order valence-corrected chi connectivity index (χ0v) is 17.7. The van der Waals surface area contributed by atoms with E-state index in [2.05, 4.69) is 33.4 Å². The Balaban J connectivity index is 1.94. The minimum atomic E-state index is -0.356. The lowest BCUT2D eigenvalue weighted by molar-refractivity contribution is -0.123. The van der Waals surface area contributed by atoms with Crippen LogP contribution in [-0.2, 0) is 4.79 Å². The van der Waals surface area contributed by atoms with Crippen molar-refractivity contribution in [2.75, 3.05) is 19.8 Å². The Morgan fingerprint density at radius 3 is 2.54 bits per heavy atom. The van der Waals surface area contributed by atoms with Crippen molar-refractivity contribution in [3.05, 3.63) is 52.5 Å². The van der Waals surface area contributed by atoms with Crippen molar-refractivity contribution >= 4 is 28.1 Å². The minimum Gasteiger partial charge on any atom is -0.493 e. The molecule has 0 spiro atoms. The highest BCUT2D eigenvalue weighted by Gasteiger charge is 2.06. The summed E-state index contributed by atoms with van der Waals surface area (Å²) in [6.07, 6.45) is 3.37. The maximum absolute atomic E-state index is 11.9. The number of nitrogens with zero attached hydrogens (tertiary/aromatic N) is 1. The number of hydrazone groups is 1. The van der Waals surface area contributed by atoms with Gasteiger partial charge in [-0.05, 0) is 53.0 Å². The summed E-state index contributed by atoms with van der Waals surface area (Å²) in [7, 11) is 0. The molecule has 2 aromatic carbocycles. The van der Waals surface area contributed by atoms with E-state index in [9.17, 15) is 4.79 Å². The molecule has 0 unspecified atom stereocenters. The van der Waals surface area contributed by atoms with Gasteiger partial charge in [0.05, 0.1) is 23.9 Å². The summed E-state index contributed by atoms with van der Waals surface area (Å²) in [6.45, 7) is 5.19. The van der Waals surface area contributed by atoms with Crippen molar-refractivity contribution in [3.63, 3.8) is 0 Å². The van der Waals surface area contributed by atoms with Crippen LogP contribution < -0.4 is 19.6 Å². The van der Waals surface area contributed by atoms with Crippen LogP contribution in [0.2, 0.25) is 0 Å². The van der Waals surface area contributed by atoms with E-state index in [0.717, 1.165) is 28.6 Å². The SMILES string of the molecule is CCCOc1ccc(/C=N\NC(=O)COc2ccccc2Br)c(OCCC)c1. The van der Waals surface area contributed by atoms with E-state index in [-0.39, 0.29) is 12.5 Å². The van der Waals surface area contributed by atoms with E-state index in [4.69, 9.17) is 14.2 Å². The summed E-state index contributed by atoms with van der Waals surface area (Å²) in [6, 6.07) is 12.9. The fourth-order valence-electron chi connectivity index (χ4n) is 2.18. The molecule has 6 nitrogen and oxygen atoms in total.